The predicted octanol–water partition coefficient (Wildman–Crippen LogP) is 3.12. The molecule has 1 unspecified atom stereocenters. The van der Waals surface area contributed by atoms with Crippen LogP contribution in [0.1, 0.15) is 28.7 Å². The third-order valence-corrected chi connectivity index (χ3v) is 3.80. The molecule has 0 aliphatic heterocycles. The van der Waals surface area contributed by atoms with Gasteiger partial charge in [-0.25, -0.2) is 0 Å². The molecule has 0 saturated heterocycles. The summed E-state index contributed by atoms with van der Waals surface area (Å²) in [5.74, 6) is -0.150. The third-order valence-electron chi connectivity index (χ3n) is 3.61. The maximum Gasteiger partial charge on any atom is 0.266 e. The van der Waals surface area contributed by atoms with Crippen LogP contribution in [0.5, 0.6) is 0 Å². The van der Waals surface area contributed by atoms with E-state index < -0.39 is 0 Å². The summed E-state index contributed by atoms with van der Waals surface area (Å²) in [5, 5.41) is 7.38. The van der Waals surface area contributed by atoms with Gasteiger partial charge in [0.15, 0.2) is 5.58 Å². The normalized spacial score (nSPS) is 12.5. The van der Waals surface area contributed by atoms with Crippen molar-refractivity contribution in [2.75, 3.05) is 0 Å². The maximum absolute atomic E-state index is 12.4. The number of aromatic amines is 1. The number of nitrogens with one attached hydrogen (secondary N) is 2. The van der Waals surface area contributed by atoms with Gasteiger partial charge in [0.1, 0.15) is 0 Å². The molecule has 23 heavy (non-hydrogen) atoms. The number of hydrogen-bond acceptors (Lipinski definition) is 4. The molecule has 1 atom stereocenters. The molecule has 0 fully saturated rings. The summed E-state index contributed by atoms with van der Waals surface area (Å²) in [6.45, 7) is 6.53. The average Bonchev–Trinajstić information content (AvgIpc) is 2.99. The number of carbonyl (C=O) groups is 1. The lowest BCUT2D eigenvalue weighted by Crippen LogP contribution is -2.36. The smallest absolute Gasteiger partial charge is 0.266 e. The van der Waals surface area contributed by atoms with Crippen LogP contribution in [-0.2, 0) is 6.54 Å². The fourth-order valence-electron chi connectivity index (χ4n) is 2.56. The molecule has 2 aromatic heterocycles. The first kappa shape index (κ1) is 15.5. The van der Waals surface area contributed by atoms with E-state index in [4.69, 9.17) is 16.6 Å². The molecule has 6 nitrogen and oxygen atoms in total. The van der Waals surface area contributed by atoms with Gasteiger partial charge < -0.3 is 14.7 Å². The third kappa shape index (κ3) is 3.34. The Morgan fingerprint density at radius 1 is 1.43 bits per heavy atom. The van der Waals surface area contributed by atoms with E-state index in [0.717, 1.165) is 16.9 Å². The second-order valence-electron chi connectivity index (χ2n) is 5.71. The molecule has 2 heterocycles. The standard InChI is InChI=1S/C16H18N4O2S/c1-9-6-11(3)20(19-9)8-10(2)17-15(21)12-4-5-13-14(7-12)22-16(23)18-13/h4-7,10H,8H2,1-3H3,(H,17,21)(H,18,23). The largest absolute Gasteiger partial charge is 0.429 e. The number of fused-ring (bicyclic) bond motifs is 1. The molecular formula is C16H18N4O2S. The molecule has 0 aliphatic rings. The zero-order valence-electron chi connectivity index (χ0n) is 13.2. The van der Waals surface area contributed by atoms with E-state index in [1.165, 1.54) is 0 Å². The highest BCUT2D eigenvalue weighted by atomic mass is 32.1. The number of H-pyrrole nitrogens is 1. The van der Waals surface area contributed by atoms with Crippen molar-refractivity contribution in [2.24, 2.45) is 0 Å². The first-order valence-corrected chi connectivity index (χ1v) is 7.78. The van der Waals surface area contributed by atoms with Crippen molar-refractivity contribution in [1.29, 1.82) is 0 Å². The highest BCUT2D eigenvalue weighted by Crippen LogP contribution is 2.15. The summed E-state index contributed by atoms with van der Waals surface area (Å²) >= 11 is 4.95. The van der Waals surface area contributed by atoms with Crippen LogP contribution in [0, 0.1) is 18.7 Å². The summed E-state index contributed by atoms with van der Waals surface area (Å²) in [6, 6.07) is 7.19. The molecule has 0 radical (unpaired) electrons. The van der Waals surface area contributed by atoms with E-state index in [1.807, 2.05) is 31.5 Å². The molecule has 1 aromatic carbocycles. The van der Waals surface area contributed by atoms with Gasteiger partial charge in [-0.3, -0.25) is 9.48 Å². The van der Waals surface area contributed by atoms with Crippen LogP contribution >= 0.6 is 12.2 Å². The fourth-order valence-corrected chi connectivity index (χ4v) is 2.76. The summed E-state index contributed by atoms with van der Waals surface area (Å²) in [5.41, 5.74) is 3.95. The molecule has 0 bridgehead atoms. The molecule has 3 rings (SSSR count). The van der Waals surface area contributed by atoms with Crippen LogP contribution in [-0.4, -0.2) is 26.7 Å². The van der Waals surface area contributed by atoms with Gasteiger partial charge in [0.25, 0.3) is 10.7 Å². The van der Waals surface area contributed by atoms with Gasteiger partial charge in [0, 0.05) is 17.3 Å². The number of carbonyl (C=O) groups excluding carboxylic acids is 1. The van der Waals surface area contributed by atoms with Crippen LogP contribution in [0.2, 0.25) is 0 Å². The number of aromatic nitrogens is 3. The Hall–Kier alpha value is -2.41. The van der Waals surface area contributed by atoms with E-state index in [2.05, 4.69) is 15.4 Å². The van der Waals surface area contributed by atoms with Gasteiger partial charge in [-0.15, -0.1) is 0 Å². The number of rotatable bonds is 4. The molecule has 7 heteroatoms. The topological polar surface area (TPSA) is 75.8 Å². The number of aryl methyl sites for hydroxylation is 2. The van der Waals surface area contributed by atoms with Gasteiger partial charge >= 0.3 is 0 Å². The van der Waals surface area contributed by atoms with Crippen molar-refractivity contribution in [2.45, 2.75) is 33.4 Å². The first-order valence-electron chi connectivity index (χ1n) is 7.37. The van der Waals surface area contributed by atoms with Gasteiger partial charge in [-0.2, -0.15) is 5.10 Å². The lowest BCUT2D eigenvalue weighted by Gasteiger charge is -2.15. The fraction of sp³-hybridized carbons (Fsp3) is 0.312. The van der Waals surface area contributed by atoms with E-state index >= 15 is 0 Å². The number of amides is 1. The SMILES string of the molecule is Cc1cc(C)n(CC(C)NC(=O)c2ccc3[nH]c(=S)oc3c2)n1. The Kier molecular flexibility index (Phi) is 4.04. The van der Waals surface area contributed by atoms with Crippen LogP contribution in [0.25, 0.3) is 11.1 Å². The van der Waals surface area contributed by atoms with Crippen LogP contribution in [0.4, 0.5) is 0 Å². The number of benzene rings is 1. The summed E-state index contributed by atoms with van der Waals surface area (Å²) in [6.07, 6.45) is 0. The van der Waals surface area contributed by atoms with E-state index in [0.29, 0.717) is 22.5 Å². The lowest BCUT2D eigenvalue weighted by molar-refractivity contribution is 0.0936. The highest BCUT2D eigenvalue weighted by molar-refractivity contribution is 7.71. The summed E-state index contributed by atoms with van der Waals surface area (Å²) in [4.78, 5) is 15.6. The van der Waals surface area contributed by atoms with Gasteiger partial charge in [0.2, 0.25) is 0 Å². The molecule has 3 aromatic rings. The van der Waals surface area contributed by atoms with Gasteiger partial charge in [-0.05, 0) is 57.3 Å². The van der Waals surface area contributed by atoms with E-state index in [-0.39, 0.29) is 11.9 Å². The zero-order chi connectivity index (χ0) is 16.6. The Labute approximate surface area is 138 Å². The Morgan fingerprint density at radius 2 is 2.22 bits per heavy atom. The molecule has 1 amide bonds. The molecule has 2 N–H and O–H groups in total. The van der Waals surface area contributed by atoms with Crippen molar-refractivity contribution in [1.82, 2.24) is 20.1 Å². The number of nitrogens with zero attached hydrogens (tertiary/aromatic N) is 2. The van der Waals surface area contributed by atoms with Crippen LogP contribution in [0.15, 0.2) is 28.7 Å². The van der Waals surface area contributed by atoms with Crippen molar-refractivity contribution in [3.8, 4) is 0 Å². The predicted molar refractivity (Wildman–Crippen MR) is 90.0 cm³/mol. The minimum absolute atomic E-state index is 0.0473. The van der Waals surface area contributed by atoms with Crippen molar-refractivity contribution in [3.05, 3.63) is 46.1 Å². The summed E-state index contributed by atoms with van der Waals surface area (Å²) in [7, 11) is 0. The minimum Gasteiger partial charge on any atom is -0.429 e. The molecular weight excluding hydrogens is 312 g/mol. The number of hydrogen-bond donors (Lipinski definition) is 2. The highest BCUT2D eigenvalue weighted by Gasteiger charge is 2.13. The first-order chi connectivity index (χ1) is 10.9. The van der Waals surface area contributed by atoms with Crippen molar-refractivity contribution < 1.29 is 9.21 Å². The Morgan fingerprint density at radius 3 is 2.91 bits per heavy atom. The van der Waals surface area contributed by atoms with E-state index in [9.17, 15) is 4.79 Å². The van der Waals surface area contributed by atoms with Crippen molar-refractivity contribution >= 4 is 29.2 Å². The zero-order valence-corrected chi connectivity index (χ0v) is 14.0. The molecule has 120 valence electrons. The molecule has 0 aliphatic carbocycles. The quantitative estimate of drug-likeness (QED) is 0.721. The maximum atomic E-state index is 12.4. The Balaban J connectivity index is 1.71. The molecule has 0 spiro atoms. The second kappa shape index (κ2) is 6.00. The average molecular weight is 330 g/mol. The summed E-state index contributed by atoms with van der Waals surface area (Å²) < 4.78 is 7.24. The van der Waals surface area contributed by atoms with Gasteiger partial charge in [0.05, 0.1) is 17.8 Å². The Bertz CT molecular complexity index is 922. The van der Waals surface area contributed by atoms with Crippen LogP contribution < -0.4 is 5.32 Å². The van der Waals surface area contributed by atoms with E-state index in [1.54, 1.807) is 18.2 Å². The number of oxazole rings is 1. The van der Waals surface area contributed by atoms with Crippen LogP contribution in [0.3, 0.4) is 0 Å². The van der Waals surface area contributed by atoms with Crippen molar-refractivity contribution in [3.63, 3.8) is 0 Å². The van der Waals surface area contributed by atoms with Gasteiger partial charge in [-0.1, -0.05) is 0 Å². The monoisotopic (exact) mass is 330 g/mol. The lowest BCUT2D eigenvalue weighted by atomic mass is 10.2. The molecule has 0 saturated carbocycles. The second-order valence-corrected chi connectivity index (χ2v) is 6.08. The minimum atomic E-state index is -0.150.